The second-order valence-electron chi connectivity index (χ2n) is 4.47. The van der Waals surface area contributed by atoms with Crippen LogP contribution in [0.3, 0.4) is 0 Å². The van der Waals surface area contributed by atoms with E-state index in [0.29, 0.717) is 5.65 Å². The summed E-state index contributed by atoms with van der Waals surface area (Å²) in [5.74, 6) is 0.722. The molecule has 0 unspecified atom stereocenters. The van der Waals surface area contributed by atoms with E-state index >= 15 is 0 Å². The molecule has 1 amide bonds. The molecule has 0 saturated carbocycles. The number of carbonyl (C=O) groups is 1. The van der Waals surface area contributed by atoms with Crippen molar-refractivity contribution in [2.75, 3.05) is 6.67 Å². The third-order valence-corrected chi connectivity index (χ3v) is 2.79. The minimum Gasteiger partial charge on any atom is -0.341 e. The monoisotopic (exact) mass is 283 g/mol. The van der Waals surface area contributed by atoms with Crippen molar-refractivity contribution in [2.45, 2.75) is 13.8 Å². The standard InChI is InChI=1S/C15H17N5O/c1-4-12(5-6-16-9-18-11(3)21)13-7-14-15(17-8-13)20-10(2)19-14/h4-8H,1,9H2,2-3H3,(H,18,21)(H,17,19,20). The topological polar surface area (TPSA) is 83.0 Å². The van der Waals surface area contributed by atoms with Crippen LogP contribution >= 0.6 is 0 Å². The normalized spacial score (nSPS) is 12.0. The van der Waals surface area contributed by atoms with Crippen molar-refractivity contribution < 1.29 is 4.79 Å². The summed E-state index contributed by atoms with van der Waals surface area (Å²) >= 11 is 0. The zero-order chi connectivity index (χ0) is 15.2. The van der Waals surface area contributed by atoms with E-state index < -0.39 is 0 Å². The van der Waals surface area contributed by atoms with Gasteiger partial charge in [-0.15, -0.1) is 0 Å². The number of H-pyrrole nitrogens is 1. The lowest BCUT2D eigenvalue weighted by Gasteiger charge is -2.00. The summed E-state index contributed by atoms with van der Waals surface area (Å²) in [4.78, 5) is 26.5. The van der Waals surface area contributed by atoms with E-state index in [1.54, 1.807) is 18.5 Å². The predicted molar refractivity (Wildman–Crippen MR) is 84.0 cm³/mol. The van der Waals surface area contributed by atoms with Crippen LogP contribution in [0.1, 0.15) is 18.3 Å². The van der Waals surface area contributed by atoms with E-state index in [1.807, 2.05) is 19.1 Å². The van der Waals surface area contributed by atoms with Gasteiger partial charge in [0.2, 0.25) is 5.91 Å². The van der Waals surface area contributed by atoms with Crippen LogP contribution < -0.4 is 5.32 Å². The fourth-order valence-electron chi connectivity index (χ4n) is 1.80. The van der Waals surface area contributed by atoms with Crippen LogP contribution in [0.5, 0.6) is 0 Å². The SMILES string of the molecule is C=CC(=CC=NCNC(C)=O)c1cnc2nc(C)[nH]c2c1. The quantitative estimate of drug-likeness (QED) is 0.650. The van der Waals surface area contributed by atoms with Crippen LogP contribution in [-0.4, -0.2) is 33.7 Å². The molecule has 2 aromatic rings. The van der Waals surface area contributed by atoms with Crippen molar-refractivity contribution in [3.05, 3.63) is 42.4 Å². The number of nitrogens with zero attached hydrogens (tertiary/aromatic N) is 3. The zero-order valence-corrected chi connectivity index (χ0v) is 12.1. The first-order chi connectivity index (χ1) is 10.1. The van der Waals surface area contributed by atoms with Gasteiger partial charge in [0.25, 0.3) is 0 Å². The number of aromatic nitrogens is 3. The Hall–Kier alpha value is -2.76. The van der Waals surface area contributed by atoms with Gasteiger partial charge < -0.3 is 10.3 Å². The number of pyridine rings is 1. The Labute approximate surface area is 122 Å². The molecule has 0 fully saturated rings. The van der Waals surface area contributed by atoms with Gasteiger partial charge in [0.15, 0.2) is 5.65 Å². The third kappa shape index (κ3) is 3.85. The highest BCUT2D eigenvalue weighted by Gasteiger charge is 2.03. The molecule has 0 aliphatic rings. The van der Waals surface area contributed by atoms with Crippen LogP contribution in [0.25, 0.3) is 16.7 Å². The highest BCUT2D eigenvalue weighted by molar-refractivity contribution is 5.90. The summed E-state index contributed by atoms with van der Waals surface area (Å²) in [5.41, 5.74) is 3.39. The zero-order valence-electron chi connectivity index (χ0n) is 12.1. The van der Waals surface area contributed by atoms with E-state index in [1.165, 1.54) is 6.92 Å². The summed E-state index contributed by atoms with van der Waals surface area (Å²) in [6.45, 7) is 7.40. The number of nitrogens with one attached hydrogen (secondary N) is 2. The number of fused-ring (bicyclic) bond motifs is 1. The maximum atomic E-state index is 10.7. The lowest BCUT2D eigenvalue weighted by molar-refractivity contribution is -0.118. The Kier molecular flexibility index (Phi) is 4.61. The molecule has 6 nitrogen and oxygen atoms in total. The molecule has 108 valence electrons. The summed E-state index contributed by atoms with van der Waals surface area (Å²) in [6.07, 6.45) is 6.94. The summed E-state index contributed by atoms with van der Waals surface area (Å²) in [6, 6.07) is 1.97. The molecule has 0 spiro atoms. The number of hydrogen-bond acceptors (Lipinski definition) is 4. The molecule has 6 heteroatoms. The first-order valence-corrected chi connectivity index (χ1v) is 6.50. The molecular weight excluding hydrogens is 266 g/mol. The van der Waals surface area contributed by atoms with Crippen LogP contribution in [0.2, 0.25) is 0 Å². The van der Waals surface area contributed by atoms with Crippen LogP contribution in [-0.2, 0) is 4.79 Å². The molecule has 0 aromatic carbocycles. The smallest absolute Gasteiger partial charge is 0.218 e. The second-order valence-corrected chi connectivity index (χ2v) is 4.47. The van der Waals surface area contributed by atoms with Gasteiger partial charge in [-0.2, -0.15) is 0 Å². The Morgan fingerprint density at radius 1 is 1.57 bits per heavy atom. The van der Waals surface area contributed by atoms with Gasteiger partial charge in [-0.25, -0.2) is 9.97 Å². The maximum absolute atomic E-state index is 10.7. The fraction of sp³-hybridized carbons (Fsp3) is 0.200. The molecule has 2 heterocycles. The van der Waals surface area contributed by atoms with Gasteiger partial charge in [0.05, 0.1) is 5.52 Å². The molecule has 2 N–H and O–H groups in total. The van der Waals surface area contributed by atoms with E-state index in [0.717, 1.165) is 22.5 Å². The average Bonchev–Trinajstić information content (AvgIpc) is 2.81. The minimum atomic E-state index is -0.107. The molecule has 0 atom stereocenters. The summed E-state index contributed by atoms with van der Waals surface area (Å²) < 4.78 is 0. The van der Waals surface area contributed by atoms with E-state index in [2.05, 4.69) is 31.8 Å². The number of amides is 1. The highest BCUT2D eigenvalue weighted by Crippen LogP contribution is 2.18. The van der Waals surface area contributed by atoms with Crippen molar-refractivity contribution in [2.24, 2.45) is 4.99 Å². The Morgan fingerprint density at radius 2 is 2.38 bits per heavy atom. The number of aromatic amines is 1. The molecule has 2 rings (SSSR count). The summed E-state index contributed by atoms with van der Waals surface area (Å²) in [5, 5.41) is 2.59. The van der Waals surface area contributed by atoms with Crippen molar-refractivity contribution in [3.8, 4) is 0 Å². The second kappa shape index (κ2) is 6.60. The van der Waals surface area contributed by atoms with Gasteiger partial charge in [-0.05, 0) is 24.6 Å². The van der Waals surface area contributed by atoms with Crippen LogP contribution in [0.4, 0.5) is 0 Å². The van der Waals surface area contributed by atoms with Gasteiger partial charge >= 0.3 is 0 Å². The molecule has 0 saturated heterocycles. The molecule has 0 radical (unpaired) electrons. The number of hydrogen-bond donors (Lipinski definition) is 2. The molecular formula is C15H17N5O. The Bertz CT molecular complexity index is 727. The van der Waals surface area contributed by atoms with Crippen molar-refractivity contribution >= 4 is 28.9 Å². The minimum absolute atomic E-state index is 0.107. The van der Waals surface area contributed by atoms with Crippen molar-refractivity contribution in [3.63, 3.8) is 0 Å². The van der Waals surface area contributed by atoms with Gasteiger partial charge in [0, 0.05) is 24.9 Å². The average molecular weight is 283 g/mol. The Balaban J connectivity index is 2.18. The molecule has 2 aromatic heterocycles. The van der Waals surface area contributed by atoms with Crippen LogP contribution in [0, 0.1) is 6.92 Å². The van der Waals surface area contributed by atoms with Gasteiger partial charge in [-0.3, -0.25) is 9.79 Å². The number of allylic oxidation sites excluding steroid dienone is 3. The lowest BCUT2D eigenvalue weighted by Crippen LogP contribution is -2.19. The number of imidazole rings is 1. The Morgan fingerprint density at radius 3 is 3.10 bits per heavy atom. The third-order valence-electron chi connectivity index (χ3n) is 2.79. The first kappa shape index (κ1) is 14.6. The molecule has 0 aliphatic heterocycles. The van der Waals surface area contributed by atoms with Gasteiger partial charge in [-0.1, -0.05) is 12.7 Å². The predicted octanol–water partition coefficient (Wildman–Crippen LogP) is 2.00. The fourth-order valence-corrected chi connectivity index (χ4v) is 1.80. The van der Waals surface area contributed by atoms with E-state index in [9.17, 15) is 4.79 Å². The lowest BCUT2D eigenvalue weighted by atomic mass is 10.1. The molecule has 0 aliphatic carbocycles. The largest absolute Gasteiger partial charge is 0.341 e. The summed E-state index contributed by atoms with van der Waals surface area (Å²) in [7, 11) is 0. The van der Waals surface area contributed by atoms with Crippen LogP contribution in [0.15, 0.2) is 36.0 Å². The van der Waals surface area contributed by atoms with Crippen molar-refractivity contribution in [1.82, 2.24) is 20.3 Å². The van der Waals surface area contributed by atoms with E-state index in [-0.39, 0.29) is 12.6 Å². The molecule has 21 heavy (non-hydrogen) atoms. The number of aryl methyl sites for hydroxylation is 1. The maximum Gasteiger partial charge on any atom is 0.218 e. The number of carbonyl (C=O) groups excluding carboxylic acids is 1. The van der Waals surface area contributed by atoms with Crippen molar-refractivity contribution in [1.29, 1.82) is 0 Å². The highest BCUT2D eigenvalue weighted by atomic mass is 16.1. The van der Waals surface area contributed by atoms with Gasteiger partial charge in [0.1, 0.15) is 12.5 Å². The number of aliphatic imine (C=N–C) groups is 1. The molecule has 0 bridgehead atoms. The van der Waals surface area contributed by atoms with E-state index in [4.69, 9.17) is 0 Å². The number of rotatable bonds is 5. The first-order valence-electron chi connectivity index (χ1n) is 6.50.